The molecule has 3 nitrogen and oxygen atoms in total. The van der Waals surface area contributed by atoms with E-state index in [4.69, 9.17) is 0 Å². The highest BCUT2D eigenvalue weighted by Gasteiger charge is 2.22. The van der Waals surface area contributed by atoms with Crippen molar-refractivity contribution in [2.45, 2.75) is 10.9 Å². The van der Waals surface area contributed by atoms with Crippen molar-refractivity contribution in [3.63, 3.8) is 0 Å². The second-order valence-corrected chi connectivity index (χ2v) is 7.96. The zero-order chi connectivity index (χ0) is 17.0. The Morgan fingerprint density at radius 2 is 1.29 bits per heavy atom. The average Bonchev–Trinajstić information content (AvgIpc) is 2.61. The normalized spacial score (nSPS) is 11.6. The number of rotatable bonds is 5. The maximum atomic E-state index is 12.8. The maximum Gasteiger partial charge on any atom is 0.241 e. The first-order chi connectivity index (χ1) is 11.6. The highest BCUT2D eigenvalue weighted by Crippen LogP contribution is 2.25. The van der Waals surface area contributed by atoms with Gasteiger partial charge >= 0.3 is 0 Å². The average molecular weight is 402 g/mol. The lowest BCUT2D eigenvalue weighted by molar-refractivity contribution is 0.572. The minimum Gasteiger partial charge on any atom is -0.207 e. The van der Waals surface area contributed by atoms with Crippen molar-refractivity contribution in [1.29, 1.82) is 0 Å². The minimum absolute atomic E-state index is 0.230. The summed E-state index contributed by atoms with van der Waals surface area (Å²) in [4.78, 5) is 0.230. The van der Waals surface area contributed by atoms with Crippen LogP contribution in [0.15, 0.2) is 94.3 Å². The summed E-state index contributed by atoms with van der Waals surface area (Å²) in [6.45, 7) is 0. The molecule has 0 aromatic heterocycles. The molecule has 0 radical (unpaired) electrons. The Morgan fingerprint density at radius 1 is 0.750 bits per heavy atom. The lowest BCUT2D eigenvalue weighted by Gasteiger charge is -2.20. The van der Waals surface area contributed by atoms with Crippen LogP contribution in [0.4, 0.5) is 0 Å². The smallest absolute Gasteiger partial charge is 0.207 e. The fourth-order valence-electron chi connectivity index (χ4n) is 2.48. The van der Waals surface area contributed by atoms with Crippen LogP contribution in [0.25, 0.3) is 0 Å². The summed E-state index contributed by atoms with van der Waals surface area (Å²) in [5, 5.41) is 0. The summed E-state index contributed by atoms with van der Waals surface area (Å²) in [5.41, 5.74) is 1.78. The van der Waals surface area contributed by atoms with Crippen molar-refractivity contribution in [2.75, 3.05) is 0 Å². The molecule has 0 heterocycles. The first-order valence-corrected chi connectivity index (χ1v) is 9.72. The molecule has 0 aliphatic carbocycles. The molecule has 0 atom stereocenters. The lowest BCUT2D eigenvalue weighted by Crippen LogP contribution is -2.29. The van der Waals surface area contributed by atoms with Crippen LogP contribution in [-0.4, -0.2) is 8.42 Å². The predicted molar refractivity (Wildman–Crippen MR) is 99.2 cm³/mol. The van der Waals surface area contributed by atoms with Gasteiger partial charge in [0.1, 0.15) is 0 Å². The van der Waals surface area contributed by atoms with Crippen LogP contribution >= 0.6 is 15.9 Å². The van der Waals surface area contributed by atoms with Gasteiger partial charge in [0.25, 0.3) is 0 Å². The van der Waals surface area contributed by atoms with Gasteiger partial charge in [0, 0.05) is 4.47 Å². The largest absolute Gasteiger partial charge is 0.241 e. The van der Waals surface area contributed by atoms with Gasteiger partial charge in [-0.3, -0.25) is 0 Å². The van der Waals surface area contributed by atoms with Crippen LogP contribution in [0, 0.1) is 0 Å². The number of halogens is 1. The van der Waals surface area contributed by atoms with E-state index in [0.717, 1.165) is 15.6 Å². The Kier molecular flexibility index (Phi) is 5.14. The molecule has 0 aliphatic rings. The van der Waals surface area contributed by atoms with E-state index < -0.39 is 16.1 Å². The molecule has 122 valence electrons. The zero-order valence-corrected chi connectivity index (χ0v) is 15.2. The Balaban J connectivity index is 2.01. The van der Waals surface area contributed by atoms with Crippen LogP contribution in [0.1, 0.15) is 17.2 Å². The molecule has 0 amide bonds. The van der Waals surface area contributed by atoms with Crippen LogP contribution in [0.3, 0.4) is 0 Å². The molecule has 0 bridgehead atoms. The lowest BCUT2D eigenvalue weighted by atomic mass is 10.00. The van der Waals surface area contributed by atoms with Crippen LogP contribution in [0.2, 0.25) is 0 Å². The topological polar surface area (TPSA) is 46.2 Å². The van der Waals surface area contributed by atoms with E-state index >= 15 is 0 Å². The van der Waals surface area contributed by atoms with Gasteiger partial charge < -0.3 is 0 Å². The fourth-order valence-corrected chi connectivity index (χ4v) is 4.29. The van der Waals surface area contributed by atoms with Crippen LogP contribution < -0.4 is 4.72 Å². The van der Waals surface area contributed by atoms with Gasteiger partial charge in [0.2, 0.25) is 10.0 Å². The van der Waals surface area contributed by atoms with Crippen molar-refractivity contribution in [3.05, 3.63) is 101 Å². The highest BCUT2D eigenvalue weighted by molar-refractivity contribution is 9.10. The third-order valence-corrected chi connectivity index (χ3v) is 5.56. The van der Waals surface area contributed by atoms with Gasteiger partial charge in [0.15, 0.2) is 0 Å². The molecule has 3 rings (SSSR count). The van der Waals surface area contributed by atoms with E-state index in [-0.39, 0.29) is 4.90 Å². The van der Waals surface area contributed by atoms with Crippen molar-refractivity contribution in [2.24, 2.45) is 0 Å². The molecule has 3 aromatic carbocycles. The summed E-state index contributed by atoms with van der Waals surface area (Å²) in [6.07, 6.45) is 0. The Bertz CT molecular complexity index is 873. The van der Waals surface area contributed by atoms with Crippen LogP contribution in [0.5, 0.6) is 0 Å². The van der Waals surface area contributed by atoms with E-state index in [9.17, 15) is 8.42 Å². The molecular weight excluding hydrogens is 386 g/mol. The molecule has 5 heteroatoms. The molecule has 0 aliphatic heterocycles. The third-order valence-electron chi connectivity index (χ3n) is 3.65. The zero-order valence-electron chi connectivity index (χ0n) is 12.8. The first kappa shape index (κ1) is 16.9. The summed E-state index contributed by atoms with van der Waals surface area (Å²) >= 11 is 3.32. The Morgan fingerprint density at radius 3 is 1.79 bits per heavy atom. The second-order valence-electron chi connectivity index (χ2n) is 5.33. The number of hydrogen-bond donors (Lipinski definition) is 1. The van der Waals surface area contributed by atoms with E-state index in [2.05, 4.69) is 20.7 Å². The summed E-state index contributed by atoms with van der Waals surface area (Å²) in [6, 6.07) is 25.3. The number of sulfonamides is 1. The summed E-state index contributed by atoms with van der Waals surface area (Å²) < 4.78 is 29.2. The van der Waals surface area contributed by atoms with Crippen molar-refractivity contribution >= 4 is 26.0 Å². The Hall–Kier alpha value is -1.95. The van der Waals surface area contributed by atoms with E-state index in [0.29, 0.717) is 0 Å². The number of hydrogen-bond acceptors (Lipinski definition) is 2. The molecule has 0 unspecified atom stereocenters. The molecule has 0 saturated heterocycles. The molecule has 24 heavy (non-hydrogen) atoms. The monoisotopic (exact) mass is 401 g/mol. The number of nitrogens with one attached hydrogen (secondary N) is 1. The molecule has 0 saturated carbocycles. The molecule has 0 spiro atoms. The fraction of sp³-hybridized carbons (Fsp3) is 0.0526. The molecule has 3 aromatic rings. The SMILES string of the molecule is O=S(=O)(NC(c1ccccc1)c1ccccc1)c1cccc(Br)c1. The first-order valence-electron chi connectivity index (χ1n) is 7.44. The Labute approximate surface area is 150 Å². The molecular formula is C19H16BrNO2S. The molecule has 0 fully saturated rings. The van der Waals surface area contributed by atoms with Gasteiger partial charge in [-0.25, -0.2) is 8.42 Å². The second kappa shape index (κ2) is 7.30. The third kappa shape index (κ3) is 3.93. The highest BCUT2D eigenvalue weighted by atomic mass is 79.9. The minimum atomic E-state index is -3.66. The summed E-state index contributed by atoms with van der Waals surface area (Å²) in [5.74, 6) is 0. The van der Waals surface area contributed by atoms with Crippen LogP contribution in [-0.2, 0) is 10.0 Å². The number of benzene rings is 3. The van der Waals surface area contributed by atoms with Crippen molar-refractivity contribution in [1.82, 2.24) is 4.72 Å². The van der Waals surface area contributed by atoms with E-state index in [1.807, 2.05) is 60.7 Å². The summed E-state index contributed by atoms with van der Waals surface area (Å²) in [7, 11) is -3.66. The van der Waals surface area contributed by atoms with Gasteiger partial charge in [-0.1, -0.05) is 82.7 Å². The van der Waals surface area contributed by atoms with Gasteiger partial charge in [-0.05, 0) is 29.3 Å². The van der Waals surface area contributed by atoms with Gasteiger partial charge in [-0.2, -0.15) is 4.72 Å². The standard InChI is InChI=1S/C19H16BrNO2S/c20-17-12-7-13-18(14-17)24(22,23)21-19(15-8-3-1-4-9-15)16-10-5-2-6-11-16/h1-14,19,21H. The molecule has 1 N–H and O–H groups in total. The van der Waals surface area contributed by atoms with Gasteiger partial charge in [0.05, 0.1) is 10.9 Å². The quantitative estimate of drug-likeness (QED) is 0.682. The van der Waals surface area contributed by atoms with E-state index in [1.165, 1.54) is 0 Å². The van der Waals surface area contributed by atoms with Crippen molar-refractivity contribution < 1.29 is 8.42 Å². The van der Waals surface area contributed by atoms with Gasteiger partial charge in [-0.15, -0.1) is 0 Å². The van der Waals surface area contributed by atoms with Crippen molar-refractivity contribution in [3.8, 4) is 0 Å². The van der Waals surface area contributed by atoms with E-state index in [1.54, 1.807) is 24.3 Å². The predicted octanol–water partition coefficient (Wildman–Crippen LogP) is 4.52. The maximum absolute atomic E-state index is 12.8.